The topological polar surface area (TPSA) is 61.8 Å². The molecule has 0 N–H and O–H groups in total. The van der Waals surface area contributed by atoms with Crippen LogP contribution in [0, 0.1) is 0 Å². The zero-order valence-electron chi connectivity index (χ0n) is 15.4. The van der Waals surface area contributed by atoms with Crippen LogP contribution in [0.1, 0.15) is 41.3 Å². The van der Waals surface area contributed by atoms with Gasteiger partial charge in [0, 0.05) is 6.42 Å². The van der Waals surface area contributed by atoms with E-state index >= 15 is 0 Å². The van der Waals surface area contributed by atoms with Gasteiger partial charge < -0.3 is 14.2 Å². The molecule has 0 unspecified atom stereocenters. The van der Waals surface area contributed by atoms with Gasteiger partial charge in [-0.2, -0.15) is 0 Å². The third-order valence-corrected chi connectivity index (χ3v) is 3.99. The average Bonchev–Trinajstić information content (AvgIpc) is 2.67. The number of rotatable bonds is 8. The summed E-state index contributed by atoms with van der Waals surface area (Å²) in [6, 6.07) is 12.8. The van der Waals surface area contributed by atoms with E-state index in [0.29, 0.717) is 17.7 Å². The van der Waals surface area contributed by atoms with Gasteiger partial charge in [0.15, 0.2) is 11.5 Å². The lowest BCUT2D eigenvalue weighted by Crippen LogP contribution is -2.10. The number of hydrogen-bond acceptors (Lipinski definition) is 5. The number of carbonyl (C=O) groups excluding carboxylic acids is 2. The fourth-order valence-electron chi connectivity index (χ4n) is 2.58. The minimum Gasteiger partial charge on any atom is -0.493 e. The van der Waals surface area contributed by atoms with Gasteiger partial charge in [-0.05, 0) is 42.2 Å². The van der Waals surface area contributed by atoms with Crippen LogP contribution in [-0.4, -0.2) is 26.2 Å². The van der Waals surface area contributed by atoms with Crippen molar-refractivity contribution in [2.45, 2.75) is 32.6 Å². The molecule has 5 heteroatoms. The van der Waals surface area contributed by atoms with E-state index in [2.05, 4.69) is 23.8 Å². The fourth-order valence-corrected chi connectivity index (χ4v) is 2.58. The molecule has 0 radical (unpaired) electrons. The number of esters is 2. The molecule has 0 atom stereocenters. The monoisotopic (exact) mass is 356 g/mol. The highest BCUT2D eigenvalue weighted by atomic mass is 16.6. The molecule has 0 aliphatic rings. The highest BCUT2D eigenvalue weighted by Crippen LogP contribution is 2.28. The molecule has 0 aliphatic carbocycles. The molecule has 138 valence electrons. The maximum Gasteiger partial charge on any atom is 0.337 e. The lowest BCUT2D eigenvalue weighted by molar-refractivity contribution is -0.134. The Balaban J connectivity index is 1.95. The van der Waals surface area contributed by atoms with Crippen LogP contribution in [0.3, 0.4) is 0 Å². The van der Waals surface area contributed by atoms with Gasteiger partial charge in [0.25, 0.3) is 0 Å². The van der Waals surface area contributed by atoms with Gasteiger partial charge in [-0.15, -0.1) is 0 Å². The highest BCUT2D eigenvalue weighted by Gasteiger charge is 2.14. The molecule has 0 amide bonds. The van der Waals surface area contributed by atoms with Crippen molar-refractivity contribution in [3.63, 3.8) is 0 Å². The summed E-state index contributed by atoms with van der Waals surface area (Å²) >= 11 is 0. The number of methoxy groups -OCH3 is 2. The van der Waals surface area contributed by atoms with Crippen LogP contribution in [-0.2, 0) is 22.4 Å². The van der Waals surface area contributed by atoms with Crippen LogP contribution < -0.4 is 9.47 Å². The molecule has 0 saturated carbocycles. The van der Waals surface area contributed by atoms with Gasteiger partial charge in [0.2, 0.25) is 0 Å². The van der Waals surface area contributed by atoms with Crippen LogP contribution in [0.15, 0.2) is 42.5 Å². The molecule has 5 nitrogen and oxygen atoms in total. The summed E-state index contributed by atoms with van der Waals surface area (Å²) < 4.78 is 15.2. The van der Waals surface area contributed by atoms with Gasteiger partial charge in [0.1, 0.15) is 0 Å². The van der Waals surface area contributed by atoms with Crippen LogP contribution in [0.5, 0.6) is 11.5 Å². The molecule has 0 saturated heterocycles. The minimum absolute atomic E-state index is 0.259. The molecule has 2 aromatic rings. The van der Waals surface area contributed by atoms with Crippen LogP contribution >= 0.6 is 0 Å². The number of aryl methyl sites for hydroxylation is 2. The summed E-state index contributed by atoms with van der Waals surface area (Å²) in [6.07, 6.45) is 3.04. The van der Waals surface area contributed by atoms with Crippen LogP contribution in [0.2, 0.25) is 0 Å². The highest BCUT2D eigenvalue weighted by molar-refractivity contribution is 5.90. The second kappa shape index (κ2) is 9.61. The molecular formula is C21H24O5. The first-order chi connectivity index (χ1) is 12.6. The van der Waals surface area contributed by atoms with Crippen molar-refractivity contribution in [1.29, 1.82) is 0 Å². The summed E-state index contributed by atoms with van der Waals surface area (Å²) in [5.41, 5.74) is 2.72. The Morgan fingerprint density at radius 1 is 0.885 bits per heavy atom. The third kappa shape index (κ3) is 5.34. The van der Waals surface area contributed by atoms with Crippen molar-refractivity contribution in [3.8, 4) is 11.5 Å². The SMILES string of the molecule is CCCc1ccc(CCC(=O)Oc2ccc(C(=O)OC)cc2OC)cc1. The largest absolute Gasteiger partial charge is 0.493 e. The van der Waals surface area contributed by atoms with Gasteiger partial charge in [-0.1, -0.05) is 37.6 Å². The molecule has 0 bridgehead atoms. The Hall–Kier alpha value is -2.82. The molecule has 0 aromatic heterocycles. The van der Waals surface area contributed by atoms with Gasteiger partial charge in [-0.3, -0.25) is 4.79 Å². The van der Waals surface area contributed by atoms with Crippen molar-refractivity contribution in [2.75, 3.05) is 14.2 Å². The minimum atomic E-state index is -0.479. The smallest absolute Gasteiger partial charge is 0.337 e. The van der Waals surface area contributed by atoms with Gasteiger partial charge >= 0.3 is 11.9 Å². The summed E-state index contributed by atoms with van der Waals surface area (Å²) in [7, 11) is 2.75. The Bertz CT molecular complexity index is 749. The molecule has 0 aliphatic heterocycles. The van der Waals surface area contributed by atoms with Crippen LogP contribution in [0.25, 0.3) is 0 Å². The van der Waals surface area contributed by atoms with Crippen molar-refractivity contribution in [3.05, 3.63) is 59.2 Å². The number of benzene rings is 2. The average molecular weight is 356 g/mol. The third-order valence-electron chi connectivity index (χ3n) is 3.99. The molecular weight excluding hydrogens is 332 g/mol. The van der Waals surface area contributed by atoms with E-state index < -0.39 is 5.97 Å². The van der Waals surface area contributed by atoms with E-state index in [-0.39, 0.29) is 18.1 Å². The fraction of sp³-hybridized carbons (Fsp3) is 0.333. The summed E-state index contributed by atoms with van der Waals surface area (Å²) in [5, 5.41) is 0. The quantitative estimate of drug-likeness (QED) is 0.529. The first-order valence-electron chi connectivity index (χ1n) is 8.62. The van der Waals surface area contributed by atoms with Crippen molar-refractivity contribution in [1.82, 2.24) is 0 Å². The lowest BCUT2D eigenvalue weighted by Gasteiger charge is -2.10. The second-order valence-corrected chi connectivity index (χ2v) is 5.90. The summed E-state index contributed by atoms with van der Waals surface area (Å²) in [5.74, 6) is -0.243. The molecule has 2 aromatic carbocycles. The maximum atomic E-state index is 12.1. The number of hydrogen-bond donors (Lipinski definition) is 0. The Morgan fingerprint density at radius 2 is 1.54 bits per heavy atom. The summed E-state index contributed by atoms with van der Waals surface area (Å²) in [4.78, 5) is 23.7. The van der Waals surface area contributed by atoms with E-state index in [1.54, 1.807) is 0 Å². The number of ether oxygens (including phenoxy) is 3. The second-order valence-electron chi connectivity index (χ2n) is 5.90. The predicted octanol–water partition coefficient (Wildman–Crippen LogP) is 3.97. The first-order valence-corrected chi connectivity index (χ1v) is 8.62. The Morgan fingerprint density at radius 3 is 2.12 bits per heavy atom. The van der Waals surface area contributed by atoms with Crippen molar-refractivity contribution in [2.24, 2.45) is 0 Å². The van der Waals surface area contributed by atoms with E-state index in [1.165, 1.54) is 38.0 Å². The van der Waals surface area contributed by atoms with Crippen molar-refractivity contribution < 1.29 is 23.8 Å². The molecule has 0 heterocycles. The molecule has 0 spiro atoms. The van der Waals surface area contributed by atoms with Crippen LogP contribution in [0.4, 0.5) is 0 Å². The Labute approximate surface area is 153 Å². The van der Waals surface area contributed by atoms with Gasteiger partial charge in [0.05, 0.1) is 19.8 Å². The van der Waals surface area contributed by atoms with E-state index in [1.807, 2.05) is 12.1 Å². The van der Waals surface area contributed by atoms with Gasteiger partial charge in [-0.25, -0.2) is 4.79 Å². The lowest BCUT2D eigenvalue weighted by atomic mass is 10.0. The van der Waals surface area contributed by atoms with E-state index in [0.717, 1.165) is 18.4 Å². The first kappa shape index (κ1) is 19.5. The zero-order valence-corrected chi connectivity index (χ0v) is 15.4. The van der Waals surface area contributed by atoms with E-state index in [9.17, 15) is 9.59 Å². The maximum absolute atomic E-state index is 12.1. The number of carbonyl (C=O) groups is 2. The Kier molecular flexibility index (Phi) is 7.21. The standard InChI is InChI=1S/C21H24O5/c1-4-5-15-6-8-16(9-7-15)10-13-20(22)26-18-12-11-17(21(23)25-3)14-19(18)24-2/h6-9,11-12,14H,4-5,10,13H2,1-3H3. The molecule has 2 rings (SSSR count). The normalized spacial score (nSPS) is 10.3. The molecule has 0 fully saturated rings. The predicted molar refractivity (Wildman–Crippen MR) is 98.7 cm³/mol. The molecule has 26 heavy (non-hydrogen) atoms. The van der Waals surface area contributed by atoms with Crippen molar-refractivity contribution >= 4 is 11.9 Å². The summed E-state index contributed by atoms with van der Waals surface area (Å²) in [6.45, 7) is 2.15. The zero-order chi connectivity index (χ0) is 18.9. The van der Waals surface area contributed by atoms with E-state index in [4.69, 9.17) is 9.47 Å².